The van der Waals surface area contributed by atoms with Gasteiger partial charge in [-0.3, -0.25) is 4.79 Å². The van der Waals surface area contributed by atoms with Crippen LogP contribution in [0, 0.1) is 13.8 Å². The van der Waals surface area contributed by atoms with E-state index >= 15 is 0 Å². The Bertz CT molecular complexity index is 1200. The molecule has 0 aliphatic carbocycles. The van der Waals surface area contributed by atoms with Gasteiger partial charge < -0.3 is 14.6 Å². The van der Waals surface area contributed by atoms with Crippen molar-refractivity contribution in [2.45, 2.75) is 82.9 Å². The summed E-state index contributed by atoms with van der Waals surface area (Å²) in [5.41, 5.74) is -2.13. The fourth-order valence-electron chi connectivity index (χ4n) is 4.95. The molecule has 1 heterocycles. The zero-order chi connectivity index (χ0) is 29.2. The summed E-state index contributed by atoms with van der Waals surface area (Å²) < 4.78 is 89.4. The summed E-state index contributed by atoms with van der Waals surface area (Å²) in [6.07, 6.45) is -9.39. The van der Waals surface area contributed by atoms with E-state index in [1.807, 2.05) is 39.0 Å². The van der Waals surface area contributed by atoms with Crippen molar-refractivity contribution in [3.63, 3.8) is 0 Å². The topological polar surface area (TPSA) is 55.8 Å². The lowest BCUT2D eigenvalue weighted by molar-refractivity contribution is -0.347. The minimum atomic E-state index is -5.93. The number of hydrogen-bond acceptors (Lipinski definition) is 4. The molecule has 0 unspecified atom stereocenters. The molecule has 2 aromatic rings. The van der Waals surface area contributed by atoms with Crippen molar-refractivity contribution >= 4 is 12.0 Å². The Kier molecular flexibility index (Phi) is 8.79. The zero-order valence-corrected chi connectivity index (χ0v) is 22.2. The van der Waals surface area contributed by atoms with Crippen LogP contribution in [0.25, 0.3) is 6.08 Å². The molecule has 0 aromatic heterocycles. The van der Waals surface area contributed by atoms with Gasteiger partial charge in [0.25, 0.3) is 5.60 Å². The number of cyclic esters (lactones) is 1. The van der Waals surface area contributed by atoms with Gasteiger partial charge in [-0.1, -0.05) is 50.3 Å². The van der Waals surface area contributed by atoms with Crippen molar-refractivity contribution in [3.8, 4) is 5.75 Å². The number of carbonyl (C=O) groups excluding carboxylic acids is 1. The molecule has 3 rings (SSSR count). The van der Waals surface area contributed by atoms with E-state index in [2.05, 4.69) is 0 Å². The van der Waals surface area contributed by atoms with Crippen LogP contribution in [0.2, 0.25) is 0 Å². The van der Waals surface area contributed by atoms with Crippen molar-refractivity contribution in [2.75, 3.05) is 6.61 Å². The van der Waals surface area contributed by atoms with Gasteiger partial charge in [0.05, 0.1) is 0 Å². The number of carbonyl (C=O) groups is 1. The molecule has 4 nitrogen and oxygen atoms in total. The zero-order valence-electron chi connectivity index (χ0n) is 22.2. The molecule has 0 amide bonds. The first-order valence-corrected chi connectivity index (χ1v) is 12.7. The van der Waals surface area contributed by atoms with E-state index in [1.54, 1.807) is 19.1 Å². The second-order valence-electron chi connectivity index (χ2n) is 9.90. The second kappa shape index (κ2) is 11.2. The largest absolute Gasteiger partial charge is 0.489 e. The van der Waals surface area contributed by atoms with Crippen LogP contribution < -0.4 is 4.74 Å². The monoisotopic (exact) mass is 558 g/mol. The minimum Gasteiger partial charge on any atom is -0.489 e. The Morgan fingerprint density at radius 1 is 0.949 bits per heavy atom. The van der Waals surface area contributed by atoms with Gasteiger partial charge in [-0.15, -0.1) is 0 Å². The van der Waals surface area contributed by atoms with Gasteiger partial charge in [-0.05, 0) is 73.1 Å². The summed E-state index contributed by atoms with van der Waals surface area (Å²) in [4.78, 5) is 11.3. The molecule has 1 aliphatic rings. The highest BCUT2D eigenvalue weighted by Gasteiger charge is 2.68. The van der Waals surface area contributed by atoms with E-state index in [-0.39, 0.29) is 30.3 Å². The van der Waals surface area contributed by atoms with Crippen LogP contribution in [0.3, 0.4) is 0 Å². The van der Waals surface area contributed by atoms with Crippen LogP contribution in [0.4, 0.5) is 26.3 Å². The van der Waals surface area contributed by atoms with E-state index in [0.29, 0.717) is 43.1 Å². The lowest BCUT2D eigenvalue weighted by Gasteiger charge is -2.34. The molecule has 1 saturated heterocycles. The summed E-state index contributed by atoms with van der Waals surface area (Å²) in [7, 11) is 0. The molecule has 2 aromatic carbocycles. The predicted molar refractivity (Wildman–Crippen MR) is 134 cm³/mol. The molecular weight excluding hydrogens is 526 g/mol. The summed E-state index contributed by atoms with van der Waals surface area (Å²) in [6, 6.07) is 10.7. The molecular formula is C29H32F6O4. The first kappa shape index (κ1) is 30.5. The first-order chi connectivity index (χ1) is 18.1. The molecule has 10 heteroatoms. The van der Waals surface area contributed by atoms with Gasteiger partial charge in [0.1, 0.15) is 18.5 Å². The van der Waals surface area contributed by atoms with Gasteiger partial charge in [-0.25, -0.2) is 0 Å². The number of hydrogen-bond donors (Lipinski definition) is 1. The number of esters is 1. The van der Waals surface area contributed by atoms with Gasteiger partial charge in [0.2, 0.25) is 0 Å². The smallest absolute Gasteiger partial charge is 0.430 e. The third kappa shape index (κ3) is 6.10. The molecule has 0 radical (unpaired) electrons. The summed E-state index contributed by atoms with van der Waals surface area (Å²) in [6.45, 7) is 7.76. The van der Waals surface area contributed by atoms with Crippen molar-refractivity contribution in [3.05, 3.63) is 70.3 Å². The lowest BCUT2D eigenvalue weighted by atomic mass is 9.70. The average Bonchev–Trinajstić information content (AvgIpc) is 3.27. The maximum Gasteiger partial charge on any atom is 0.430 e. The maximum atomic E-state index is 13.1. The van der Waals surface area contributed by atoms with Crippen molar-refractivity contribution in [1.82, 2.24) is 0 Å². The molecule has 1 atom stereocenters. The van der Waals surface area contributed by atoms with E-state index in [1.165, 1.54) is 6.07 Å². The van der Waals surface area contributed by atoms with Crippen LogP contribution in [-0.4, -0.2) is 41.7 Å². The quantitative estimate of drug-likeness (QED) is 0.258. The molecule has 1 N–H and O–H groups in total. The molecule has 0 spiro atoms. The number of aliphatic hydroxyl groups is 1. The summed E-state index contributed by atoms with van der Waals surface area (Å²) in [5, 5.41) is 9.44. The molecule has 214 valence electrons. The van der Waals surface area contributed by atoms with E-state index in [0.717, 1.165) is 16.7 Å². The Balaban J connectivity index is 1.90. The number of rotatable bonds is 9. The Morgan fingerprint density at radius 2 is 1.51 bits per heavy atom. The van der Waals surface area contributed by atoms with E-state index in [9.17, 15) is 36.2 Å². The molecule has 0 saturated carbocycles. The highest BCUT2D eigenvalue weighted by Crippen LogP contribution is 2.45. The first-order valence-electron chi connectivity index (χ1n) is 12.7. The number of halogens is 6. The fraction of sp³-hybridized carbons (Fsp3) is 0.483. The Labute approximate surface area is 223 Å². The lowest BCUT2D eigenvalue weighted by Crippen LogP contribution is -2.55. The fourth-order valence-corrected chi connectivity index (χ4v) is 4.95. The van der Waals surface area contributed by atoms with E-state index < -0.39 is 23.4 Å². The van der Waals surface area contributed by atoms with Crippen molar-refractivity contribution < 1.29 is 45.7 Å². The standard InChI is InChI=1S/C29H32F6O4/c1-5-26(6-2,22-9-11-24(19(4)16-22)38-17-23-10-12-25(36)39-23)21-8-7-20(18(3)15-21)13-14-27(37,28(30,31)32)29(33,34)35/h7-9,11,13-16,23,37H,5-6,10,12,17H2,1-4H3/b14-13+/t23-/m1/s1. The van der Waals surface area contributed by atoms with Crippen molar-refractivity contribution in [2.24, 2.45) is 0 Å². The van der Waals surface area contributed by atoms with Crippen LogP contribution in [0.5, 0.6) is 5.75 Å². The van der Waals surface area contributed by atoms with Crippen LogP contribution in [0.1, 0.15) is 67.3 Å². The molecule has 1 aliphatic heterocycles. The molecule has 39 heavy (non-hydrogen) atoms. The number of ether oxygens (including phenoxy) is 2. The summed E-state index contributed by atoms with van der Waals surface area (Å²) >= 11 is 0. The maximum absolute atomic E-state index is 13.1. The number of alkyl halides is 6. The number of aryl methyl sites for hydroxylation is 2. The highest BCUT2D eigenvalue weighted by molar-refractivity contribution is 5.71. The van der Waals surface area contributed by atoms with Gasteiger partial charge in [0, 0.05) is 11.8 Å². The van der Waals surface area contributed by atoms with Crippen LogP contribution in [0.15, 0.2) is 42.5 Å². The SMILES string of the molecule is CCC(CC)(c1ccc(/C=C/C(O)(C(F)(F)F)C(F)(F)F)c(C)c1)c1ccc(OC[C@H]2CCC(=O)O2)c(C)c1. The molecule has 0 bridgehead atoms. The van der Waals surface area contributed by atoms with Gasteiger partial charge in [0.15, 0.2) is 0 Å². The third-order valence-corrected chi connectivity index (χ3v) is 7.52. The molecule has 1 fully saturated rings. The average molecular weight is 559 g/mol. The van der Waals surface area contributed by atoms with Crippen LogP contribution >= 0.6 is 0 Å². The van der Waals surface area contributed by atoms with Gasteiger partial charge >= 0.3 is 18.3 Å². The Hall–Kier alpha value is -3.01. The van der Waals surface area contributed by atoms with Crippen LogP contribution in [-0.2, 0) is 14.9 Å². The van der Waals surface area contributed by atoms with Gasteiger partial charge in [-0.2, -0.15) is 26.3 Å². The normalized spacial score (nSPS) is 17.1. The minimum absolute atomic E-state index is 0.124. The van der Waals surface area contributed by atoms with E-state index in [4.69, 9.17) is 9.47 Å². The number of benzene rings is 2. The Morgan fingerprint density at radius 3 is 1.97 bits per heavy atom. The predicted octanol–water partition coefficient (Wildman–Crippen LogP) is 7.36. The third-order valence-electron chi connectivity index (χ3n) is 7.52. The van der Waals surface area contributed by atoms with Crippen molar-refractivity contribution in [1.29, 1.82) is 0 Å². The second-order valence-corrected chi connectivity index (χ2v) is 9.90. The summed E-state index contributed by atoms with van der Waals surface area (Å²) in [5.74, 6) is 0.417. The highest BCUT2D eigenvalue weighted by atomic mass is 19.4.